The highest BCUT2D eigenvalue weighted by Crippen LogP contribution is 2.31. The van der Waals surface area contributed by atoms with Crippen molar-refractivity contribution >= 4 is 33.8 Å². The Kier molecular flexibility index (Phi) is 4.83. The maximum absolute atomic E-state index is 10.5. The Bertz CT molecular complexity index is 965. The summed E-state index contributed by atoms with van der Waals surface area (Å²) in [6.45, 7) is 7.59. The van der Waals surface area contributed by atoms with Crippen LogP contribution in [0.15, 0.2) is 18.2 Å². The van der Waals surface area contributed by atoms with Gasteiger partial charge in [0.1, 0.15) is 23.7 Å². The first kappa shape index (κ1) is 17.8. The smallest absolute Gasteiger partial charge is 0.404 e. The van der Waals surface area contributed by atoms with Crippen LogP contribution < -0.4 is 15.8 Å². The van der Waals surface area contributed by atoms with Crippen LogP contribution in [0.25, 0.3) is 21.9 Å². The molecule has 0 aliphatic heterocycles. The summed E-state index contributed by atoms with van der Waals surface area (Å²) >= 11 is 0. The molecular weight excluding hydrogens is 334 g/mol. The predicted molar refractivity (Wildman–Crippen MR) is 101 cm³/mol. The third kappa shape index (κ3) is 3.49. The Balaban J connectivity index is 2.00. The van der Waals surface area contributed by atoms with E-state index in [0.717, 1.165) is 34.3 Å². The molecule has 0 aliphatic rings. The number of aryl methyl sites for hydroxylation is 1. The largest absolute Gasteiger partial charge is 0.492 e. The number of carbonyl (C=O) groups is 1. The van der Waals surface area contributed by atoms with Crippen molar-refractivity contribution in [3.05, 3.63) is 24.0 Å². The molecule has 0 unspecified atom stereocenters. The monoisotopic (exact) mass is 357 g/mol. The number of nitrogen functional groups attached to an aromatic ring is 1. The fraction of sp³-hybridized carbons (Fsp3) is 0.389. The van der Waals surface area contributed by atoms with Gasteiger partial charge >= 0.3 is 6.09 Å². The van der Waals surface area contributed by atoms with Crippen molar-refractivity contribution in [3.8, 4) is 5.75 Å². The molecule has 0 fully saturated rings. The number of nitrogens with one attached hydrogen (secondary N) is 1. The fourth-order valence-electron chi connectivity index (χ4n) is 3.01. The number of ether oxygens (including phenoxy) is 1. The molecule has 0 atom stereocenters. The number of aromatic nitrogens is 3. The summed E-state index contributed by atoms with van der Waals surface area (Å²) in [6.07, 6.45) is -1.07. The third-order valence-corrected chi connectivity index (χ3v) is 4.06. The normalized spacial score (nSPS) is 11.4. The van der Waals surface area contributed by atoms with E-state index in [1.807, 2.05) is 25.1 Å². The molecule has 8 heteroatoms. The first-order valence-electron chi connectivity index (χ1n) is 8.52. The maximum Gasteiger partial charge on any atom is 0.404 e. The van der Waals surface area contributed by atoms with Crippen molar-refractivity contribution in [2.45, 2.75) is 27.3 Å². The average Bonchev–Trinajstić information content (AvgIpc) is 2.88. The van der Waals surface area contributed by atoms with Gasteiger partial charge in [0.15, 0.2) is 5.82 Å². The number of benzene rings is 1. The minimum atomic E-state index is -1.07. The van der Waals surface area contributed by atoms with Gasteiger partial charge in [0.25, 0.3) is 0 Å². The fourth-order valence-corrected chi connectivity index (χ4v) is 3.01. The molecule has 8 nitrogen and oxygen atoms in total. The van der Waals surface area contributed by atoms with Gasteiger partial charge in [-0.05, 0) is 25.0 Å². The van der Waals surface area contributed by atoms with Gasteiger partial charge in [0, 0.05) is 18.0 Å². The minimum absolute atomic E-state index is 0.211. The van der Waals surface area contributed by atoms with Crippen LogP contribution in [0, 0.1) is 12.8 Å². The van der Waals surface area contributed by atoms with Crippen LogP contribution in [-0.4, -0.2) is 38.9 Å². The lowest BCUT2D eigenvalue weighted by molar-refractivity contribution is 0.191. The van der Waals surface area contributed by atoms with E-state index in [1.54, 1.807) is 0 Å². The number of rotatable bonds is 6. The molecule has 0 radical (unpaired) electrons. The number of hydrogen-bond donors (Lipinski definition) is 3. The SMILES string of the molecule is Cc1nc2c(N)nc3cc(OCCNC(=O)O)ccc3c2n1CC(C)C. The molecule has 1 amide bonds. The number of anilines is 1. The summed E-state index contributed by atoms with van der Waals surface area (Å²) in [5.41, 5.74) is 8.56. The molecule has 0 spiro atoms. The lowest BCUT2D eigenvalue weighted by atomic mass is 10.1. The van der Waals surface area contributed by atoms with Crippen LogP contribution in [0.3, 0.4) is 0 Å². The van der Waals surface area contributed by atoms with E-state index in [-0.39, 0.29) is 13.2 Å². The van der Waals surface area contributed by atoms with Crippen LogP contribution in [0.5, 0.6) is 5.75 Å². The lowest BCUT2D eigenvalue weighted by Gasteiger charge is -2.12. The van der Waals surface area contributed by atoms with Gasteiger partial charge in [-0.3, -0.25) is 0 Å². The highest BCUT2D eigenvalue weighted by molar-refractivity contribution is 6.06. The Morgan fingerprint density at radius 1 is 1.38 bits per heavy atom. The van der Waals surface area contributed by atoms with Gasteiger partial charge in [-0.1, -0.05) is 13.8 Å². The molecule has 3 aromatic rings. The number of fused-ring (bicyclic) bond motifs is 3. The average molecular weight is 357 g/mol. The number of imidazole rings is 1. The summed E-state index contributed by atoms with van der Waals surface area (Å²) in [5.74, 6) is 2.39. The van der Waals surface area contributed by atoms with Crippen LogP contribution in [0.4, 0.5) is 10.6 Å². The molecule has 0 bridgehead atoms. The number of nitrogens with two attached hydrogens (primary N) is 1. The Labute approximate surface area is 151 Å². The first-order valence-corrected chi connectivity index (χ1v) is 8.52. The highest BCUT2D eigenvalue weighted by atomic mass is 16.5. The minimum Gasteiger partial charge on any atom is -0.492 e. The van der Waals surface area contributed by atoms with E-state index in [4.69, 9.17) is 15.6 Å². The standard InChI is InChI=1S/C18H23N5O3/c1-10(2)9-23-11(3)21-15-16(23)13-5-4-12(8-14(13)22-17(15)19)26-7-6-20-18(24)25/h4-5,8,10,20H,6-7,9H2,1-3H3,(H2,19,22)(H,24,25). The molecule has 3 rings (SSSR count). The van der Waals surface area contributed by atoms with Crippen molar-refractivity contribution in [1.82, 2.24) is 19.9 Å². The Morgan fingerprint density at radius 2 is 2.15 bits per heavy atom. The van der Waals surface area contributed by atoms with Gasteiger partial charge in [-0.15, -0.1) is 0 Å². The van der Waals surface area contributed by atoms with Crippen molar-refractivity contribution in [3.63, 3.8) is 0 Å². The molecule has 26 heavy (non-hydrogen) atoms. The highest BCUT2D eigenvalue weighted by Gasteiger charge is 2.16. The lowest BCUT2D eigenvalue weighted by Crippen LogP contribution is -2.26. The van der Waals surface area contributed by atoms with Gasteiger partial charge < -0.3 is 25.5 Å². The van der Waals surface area contributed by atoms with E-state index >= 15 is 0 Å². The zero-order valence-corrected chi connectivity index (χ0v) is 15.1. The molecule has 2 heterocycles. The van der Waals surface area contributed by atoms with Gasteiger partial charge in [-0.2, -0.15) is 0 Å². The molecule has 0 aliphatic carbocycles. The van der Waals surface area contributed by atoms with Crippen molar-refractivity contribution in [2.24, 2.45) is 5.92 Å². The topological polar surface area (TPSA) is 115 Å². The number of carboxylic acid groups (broad SMARTS) is 1. The summed E-state index contributed by atoms with van der Waals surface area (Å²) in [7, 11) is 0. The molecule has 4 N–H and O–H groups in total. The molecule has 138 valence electrons. The van der Waals surface area contributed by atoms with Crippen molar-refractivity contribution in [2.75, 3.05) is 18.9 Å². The molecule has 0 saturated heterocycles. The zero-order chi connectivity index (χ0) is 18.8. The van der Waals surface area contributed by atoms with E-state index in [9.17, 15) is 4.79 Å². The second-order valence-electron chi connectivity index (χ2n) is 6.62. The number of amides is 1. The Hall–Kier alpha value is -3.03. The van der Waals surface area contributed by atoms with Crippen LogP contribution in [0.1, 0.15) is 19.7 Å². The van der Waals surface area contributed by atoms with E-state index in [2.05, 4.69) is 33.7 Å². The quantitative estimate of drug-likeness (QED) is 0.584. The number of pyridine rings is 1. The summed E-state index contributed by atoms with van der Waals surface area (Å²) in [5, 5.41) is 11.8. The molecular formula is C18H23N5O3. The maximum atomic E-state index is 10.5. The van der Waals surface area contributed by atoms with Crippen LogP contribution >= 0.6 is 0 Å². The van der Waals surface area contributed by atoms with E-state index < -0.39 is 6.09 Å². The Morgan fingerprint density at radius 3 is 2.85 bits per heavy atom. The predicted octanol–water partition coefficient (Wildman–Crippen LogP) is 2.78. The van der Waals surface area contributed by atoms with Gasteiger partial charge in [-0.25, -0.2) is 14.8 Å². The third-order valence-electron chi connectivity index (χ3n) is 4.06. The molecule has 0 saturated carbocycles. The second kappa shape index (κ2) is 7.07. The van der Waals surface area contributed by atoms with Crippen LogP contribution in [0.2, 0.25) is 0 Å². The first-order chi connectivity index (χ1) is 12.4. The molecule has 1 aromatic carbocycles. The van der Waals surface area contributed by atoms with E-state index in [0.29, 0.717) is 17.5 Å². The summed E-state index contributed by atoms with van der Waals surface area (Å²) in [4.78, 5) is 19.5. The van der Waals surface area contributed by atoms with Crippen molar-refractivity contribution in [1.29, 1.82) is 0 Å². The van der Waals surface area contributed by atoms with E-state index in [1.165, 1.54) is 0 Å². The zero-order valence-electron chi connectivity index (χ0n) is 15.1. The van der Waals surface area contributed by atoms with Crippen LogP contribution in [-0.2, 0) is 6.54 Å². The van der Waals surface area contributed by atoms with Gasteiger partial charge in [0.05, 0.1) is 17.6 Å². The van der Waals surface area contributed by atoms with Gasteiger partial charge in [0.2, 0.25) is 0 Å². The number of hydrogen-bond acceptors (Lipinski definition) is 5. The number of nitrogens with zero attached hydrogens (tertiary/aromatic N) is 3. The van der Waals surface area contributed by atoms with Crippen molar-refractivity contribution < 1.29 is 14.6 Å². The summed E-state index contributed by atoms with van der Waals surface area (Å²) in [6, 6.07) is 5.61. The second-order valence-corrected chi connectivity index (χ2v) is 6.62. The molecule has 2 aromatic heterocycles. The summed E-state index contributed by atoms with van der Waals surface area (Å²) < 4.78 is 7.77.